The zero-order chi connectivity index (χ0) is 20.3. The Morgan fingerprint density at radius 1 is 0.778 bits per heavy atom. The maximum atomic E-state index is 12.5. The molecule has 27 heavy (non-hydrogen) atoms. The number of carboxylic acid groups (broad SMARTS) is 1. The smallest absolute Gasteiger partial charge is 0.304 e. The molecule has 1 atom stereocenters. The molecule has 0 aliphatic carbocycles. The molecule has 0 saturated carbocycles. The Balaban J connectivity index is 4.03. The quantitative estimate of drug-likeness (QED) is 0.294. The zero-order valence-electron chi connectivity index (χ0n) is 17.2. The molecule has 0 radical (unpaired) electrons. The first-order chi connectivity index (χ1) is 13.1. The molecular weight excluding hydrogens is 346 g/mol. The molecule has 0 heterocycles. The van der Waals surface area contributed by atoms with Crippen molar-refractivity contribution in [3.05, 3.63) is 0 Å². The van der Waals surface area contributed by atoms with Crippen LogP contribution < -0.4 is 0 Å². The fourth-order valence-electron chi connectivity index (χ4n) is 3.41. The molecule has 6 nitrogen and oxygen atoms in total. The van der Waals surface area contributed by atoms with Crippen LogP contribution in [0, 0.1) is 5.92 Å². The number of amides is 1. The van der Waals surface area contributed by atoms with Crippen molar-refractivity contribution in [1.29, 1.82) is 0 Å². The van der Waals surface area contributed by atoms with Crippen LogP contribution in [0.2, 0.25) is 0 Å². The lowest BCUT2D eigenvalue weighted by molar-refractivity contribution is -0.145. The first-order valence-electron chi connectivity index (χ1n) is 10.8. The van der Waals surface area contributed by atoms with Crippen molar-refractivity contribution in [2.75, 3.05) is 26.3 Å². The van der Waals surface area contributed by atoms with Gasteiger partial charge in [0.25, 0.3) is 0 Å². The van der Waals surface area contributed by atoms with E-state index in [1.54, 1.807) is 0 Å². The van der Waals surface area contributed by atoms with Crippen LogP contribution in [0.1, 0.15) is 90.4 Å². The highest BCUT2D eigenvalue weighted by Gasteiger charge is 2.25. The maximum Gasteiger partial charge on any atom is 0.304 e. The largest absolute Gasteiger partial charge is 0.481 e. The summed E-state index contributed by atoms with van der Waals surface area (Å²) in [6, 6.07) is 0. The molecule has 0 aromatic carbocycles. The number of rotatable bonds is 19. The number of aliphatic carboxylic acids is 1. The number of carbonyl (C=O) groups is 2. The van der Waals surface area contributed by atoms with Gasteiger partial charge in [-0.1, -0.05) is 77.6 Å². The molecule has 6 heteroatoms. The third-order valence-corrected chi connectivity index (χ3v) is 4.98. The average Bonchev–Trinajstić information content (AvgIpc) is 2.64. The van der Waals surface area contributed by atoms with Crippen molar-refractivity contribution in [3.8, 4) is 0 Å². The molecule has 0 aliphatic rings. The minimum absolute atomic E-state index is 0.133. The van der Waals surface area contributed by atoms with E-state index in [0.717, 1.165) is 19.3 Å². The van der Waals surface area contributed by atoms with Gasteiger partial charge in [0.05, 0.1) is 19.6 Å². The van der Waals surface area contributed by atoms with Gasteiger partial charge in [0, 0.05) is 19.0 Å². The molecule has 0 aliphatic heterocycles. The summed E-state index contributed by atoms with van der Waals surface area (Å²) in [5.74, 6) is -1.82. The normalized spacial score (nSPS) is 12.1. The second-order valence-electron chi connectivity index (χ2n) is 7.39. The molecule has 0 fully saturated rings. The summed E-state index contributed by atoms with van der Waals surface area (Å²) in [4.78, 5) is 25.0. The summed E-state index contributed by atoms with van der Waals surface area (Å²) >= 11 is 0. The number of hydrogen-bond acceptors (Lipinski definition) is 4. The van der Waals surface area contributed by atoms with Crippen LogP contribution in [0.15, 0.2) is 0 Å². The highest BCUT2D eigenvalue weighted by atomic mass is 16.4. The van der Waals surface area contributed by atoms with Crippen LogP contribution in [0.5, 0.6) is 0 Å². The van der Waals surface area contributed by atoms with Gasteiger partial charge in [-0.05, 0) is 6.42 Å². The van der Waals surface area contributed by atoms with Crippen LogP contribution in [0.4, 0.5) is 0 Å². The van der Waals surface area contributed by atoms with Crippen LogP contribution in [-0.2, 0) is 9.59 Å². The predicted octanol–water partition coefficient (Wildman–Crippen LogP) is 3.59. The SMILES string of the molecule is CCCCCCCCCCCCCC(CC(=O)O)C(=O)N(CCO)CCO. The minimum atomic E-state index is -0.982. The van der Waals surface area contributed by atoms with Gasteiger partial charge in [0.15, 0.2) is 0 Å². The van der Waals surface area contributed by atoms with Crippen molar-refractivity contribution < 1.29 is 24.9 Å². The van der Waals surface area contributed by atoms with Gasteiger partial charge >= 0.3 is 5.97 Å². The van der Waals surface area contributed by atoms with E-state index in [-0.39, 0.29) is 38.6 Å². The van der Waals surface area contributed by atoms with Gasteiger partial charge in [0.2, 0.25) is 5.91 Å². The van der Waals surface area contributed by atoms with Crippen molar-refractivity contribution in [2.24, 2.45) is 5.92 Å². The van der Waals surface area contributed by atoms with E-state index in [1.165, 1.54) is 56.3 Å². The number of aliphatic hydroxyl groups excluding tert-OH is 2. The van der Waals surface area contributed by atoms with Crippen LogP contribution in [0.25, 0.3) is 0 Å². The van der Waals surface area contributed by atoms with Gasteiger partial charge in [-0.25, -0.2) is 0 Å². The Morgan fingerprint density at radius 2 is 1.22 bits per heavy atom. The lowest BCUT2D eigenvalue weighted by Gasteiger charge is -2.25. The molecule has 160 valence electrons. The molecule has 3 N–H and O–H groups in total. The van der Waals surface area contributed by atoms with Crippen molar-refractivity contribution in [1.82, 2.24) is 4.90 Å². The second-order valence-corrected chi connectivity index (χ2v) is 7.39. The average molecular weight is 388 g/mol. The topological polar surface area (TPSA) is 98.1 Å². The monoisotopic (exact) mass is 387 g/mol. The number of carboxylic acids is 1. The Hall–Kier alpha value is -1.14. The highest BCUT2D eigenvalue weighted by Crippen LogP contribution is 2.19. The highest BCUT2D eigenvalue weighted by molar-refractivity contribution is 5.83. The van der Waals surface area contributed by atoms with Crippen LogP contribution in [-0.4, -0.2) is 58.4 Å². The van der Waals surface area contributed by atoms with Gasteiger partial charge in [0.1, 0.15) is 0 Å². The van der Waals surface area contributed by atoms with E-state index >= 15 is 0 Å². The van der Waals surface area contributed by atoms with Crippen molar-refractivity contribution in [2.45, 2.75) is 90.4 Å². The Kier molecular flexibility index (Phi) is 17.5. The first-order valence-corrected chi connectivity index (χ1v) is 10.8. The summed E-state index contributed by atoms with van der Waals surface area (Å²) in [5.41, 5.74) is 0. The zero-order valence-corrected chi connectivity index (χ0v) is 17.2. The molecule has 0 rings (SSSR count). The lowest BCUT2D eigenvalue weighted by Crippen LogP contribution is -2.40. The third-order valence-electron chi connectivity index (χ3n) is 4.98. The summed E-state index contributed by atoms with van der Waals surface area (Å²) in [6.07, 6.45) is 13.7. The maximum absolute atomic E-state index is 12.5. The molecule has 0 aromatic heterocycles. The number of nitrogens with zero attached hydrogens (tertiary/aromatic N) is 1. The predicted molar refractivity (Wildman–Crippen MR) is 108 cm³/mol. The van der Waals surface area contributed by atoms with E-state index in [0.29, 0.717) is 6.42 Å². The van der Waals surface area contributed by atoms with E-state index < -0.39 is 11.9 Å². The van der Waals surface area contributed by atoms with Crippen LogP contribution in [0.3, 0.4) is 0 Å². The minimum Gasteiger partial charge on any atom is -0.481 e. The molecule has 1 amide bonds. The van der Waals surface area contributed by atoms with E-state index in [9.17, 15) is 9.59 Å². The van der Waals surface area contributed by atoms with Gasteiger partial charge < -0.3 is 20.2 Å². The van der Waals surface area contributed by atoms with E-state index in [1.807, 2.05) is 0 Å². The molecular formula is C21H41NO5. The Morgan fingerprint density at radius 3 is 1.63 bits per heavy atom. The fourth-order valence-corrected chi connectivity index (χ4v) is 3.41. The summed E-state index contributed by atoms with van der Waals surface area (Å²) < 4.78 is 0. The third kappa shape index (κ3) is 14.6. The summed E-state index contributed by atoms with van der Waals surface area (Å²) in [6.45, 7) is 2.11. The Bertz CT molecular complexity index is 370. The number of hydrogen-bond donors (Lipinski definition) is 3. The molecule has 0 bridgehead atoms. The molecule has 0 spiro atoms. The van der Waals surface area contributed by atoms with Gasteiger partial charge in [-0.2, -0.15) is 0 Å². The number of unbranched alkanes of at least 4 members (excludes halogenated alkanes) is 10. The van der Waals surface area contributed by atoms with E-state index in [4.69, 9.17) is 15.3 Å². The van der Waals surface area contributed by atoms with Gasteiger partial charge in [-0.15, -0.1) is 0 Å². The van der Waals surface area contributed by atoms with Crippen LogP contribution >= 0.6 is 0 Å². The first kappa shape index (κ1) is 25.9. The molecule has 0 saturated heterocycles. The van der Waals surface area contributed by atoms with Gasteiger partial charge in [-0.3, -0.25) is 9.59 Å². The van der Waals surface area contributed by atoms with Crippen molar-refractivity contribution in [3.63, 3.8) is 0 Å². The molecule has 0 aromatic rings. The van der Waals surface area contributed by atoms with E-state index in [2.05, 4.69) is 6.92 Å². The second kappa shape index (κ2) is 18.2. The summed E-state index contributed by atoms with van der Waals surface area (Å²) in [5, 5.41) is 27.2. The standard InChI is InChI=1S/C21H41NO5/c1-2-3-4-5-6-7-8-9-10-11-12-13-19(18-20(25)26)21(27)22(14-16-23)15-17-24/h19,23-24H,2-18H2,1H3,(H,25,26). The molecule has 1 unspecified atom stereocenters. The lowest BCUT2D eigenvalue weighted by atomic mass is 9.95. The summed E-state index contributed by atoms with van der Waals surface area (Å²) in [7, 11) is 0. The van der Waals surface area contributed by atoms with Crippen molar-refractivity contribution >= 4 is 11.9 Å². The number of aliphatic hydroxyl groups is 2. The number of carbonyl (C=O) groups excluding carboxylic acids is 1. The fraction of sp³-hybridized carbons (Fsp3) is 0.905. The Labute approximate surface area is 165 Å².